The molecule has 0 spiro atoms. The molecule has 1 aliphatic heterocycles. The second kappa shape index (κ2) is 17.1. The van der Waals surface area contributed by atoms with Gasteiger partial charge in [0.25, 0.3) is 5.91 Å². The lowest BCUT2D eigenvalue weighted by atomic mass is 9.80. The first-order valence-corrected chi connectivity index (χ1v) is 16.5. The average molecular weight is 617 g/mol. The summed E-state index contributed by atoms with van der Waals surface area (Å²) in [5.41, 5.74) is 5.26. The van der Waals surface area contributed by atoms with Gasteiger partial charge >= 0.3 is 6.03 Å². The summed E-state index contributed by atoms with van der Waals surface area (Å²) in [7, 11) is 0. The van der Waals surface area contributed by atoms with Crippen molar-refractivity contribution < 1.29 is 24.0 Å². The highest BCUT2D eigenvalue weighted by Gasteiger charge is 2.42. The Labute approximate surface area is 253 Å². The van der Waals surface area contributed by atoms with Crippen molar-refractivity contribution in [1.29, 1.82) is 0 Å². The number of hydrogen-bond donors (Lipinski definition) is 4. The number of primary amides is 1. The summed E-state index contributed by atoms with van der Waals surface area (Å²) in [6, 6.07) is -2.57. The van der Waals surface area contributed by atoms with E-state index in [0.29, 0.717) is 25.8 Å². The van der Waals surface area contributed by atoms with E-state index in [1.807, 2.05) is 0 Å². The van der Waals surface area contributed by atoms with Crippen LogP contribution in [0.4, 0.5) is 4.79 Å². The molecule has 5 amide bonds. The maximum atomic E-state index is 13.9. The van der Waals surface area contributed by atoms with Gasteiger partial charge < -0.3 is 26.6 Å². The summed E-state index contributed by atoms with van der Waals surface area (Å²) in [5, 5.41) is 9.01. The molecule has 3 atom stereocenters. The molecule has 0 aromatic heterocycles. The Morgan fingerprint density at radius 1 is 0.780 bits per heavy atom. The van der Waals surface area contributed by atoms with Gasteiger partial charge in [-0.2, -0.15) is 0 Å². The zero-order valence-corrected chi connectivity index (χ0v) is 25.5. The van der Waals surface area contributed by atoms with Crippen LogP contribution in [-0.4, -0.2) is 70.5 Å². The third kappa shape index (κ3) is 10.0. The number of amides is 5. The molecule has 12 heteroatoms. The summed E-state index contributed by atoms with van der Waals surface area (Å²) in [6.45, 7) is 0.420. The number of nitrogens with one attached hydrogen (secondary N) is 3. The lowest BCUT2D eigenvalue weighted by Crippen LogP contribution is -2.59. The van der Waals surface area contributed by atoms with Crippen LogP contribution in [0.1, 0.15) is 103 Å². The van der Waals surface area contributed by atoms with E-state index in [-0.39, 0.29) is 35.2 Å². The molecule has 4 fully saturated rings. The van der Waals surface area contributed by atoms with Crippen LogP contribution in [0.25, 0.3) is 0 Å². The molecule has 0 radical (unpaired) electrons. The van der Waals surface area contributed by atoms with Gasteiger partial charge in [-0.15, -0.1) is 23.2 Å². The van der Waals surface area contributed by atoms with Crippen LogP contribution in [-0.2, 0) is 19.2 Å². The van der Waals surface area contributed by atoms with Crippen LogP contribution in [0.3, 0.4) is 0 Å². The highest BCUT2D eigenvalue weighted by Crippen LogP contribution is 2.32. The molecule has 0 bridgehead atoms. The minimum absolute atomic E-state index is 0.0282. The average Bonchev–Trinajstić information content (AvgIpc) is 3.44. The number of urea groups is 1. The van der Waals surface area contributed by atoms with E-state index < -0.39 is 35.7 Å². The van der Waals surface area contributed by atoms with Gasteiger partial charge in [0.2, 0.25) is 17.6 Å². The molecule has 0 aromatic rings. The summed E-state index contributed by atoms with van der Waals surface area (Å²) in [6.07, 6.45) is 14.7. The van der Waals surface area contributed by atoms with E-state index in [0.717, 1.165) is 77.0 Å². The molecular formula is C29H47Cl2N5O5. The summed E-state index contributed by atoms with van der Waals surface area (Å²) in [5.74, 6) is -2.19. The van der Waals surface area contributed by atoms with Gasteiger partial charge in [-0.05, 0) is 56.8 Å². The Morgan fingerprint density at radius 2 is 1.39 bits per heavy atom. The lowest BCUT2D eigenvalue weighted by molar-refractivity contribution is -0.143. The number of hydrogen-bond acceptors (Lipinski definition) is 5. The van der Waals surface area contributed by atoms with E-state index in [1.165, 1.54) is 6.42 Å². The number of Topliss-reactive ketones (excluding diaryl/α,β-unsaturated/α-hetero) is 1. The largest absolute Gasteiger partial charge is 0.363 e. The first-order valence-electron chi connectivity index (χ1n) is 15.4. The monoisotopic (exact) mass is 615 g/mol. The zero-order valence-electron chi connectivity index (χ0n) is 24.0. The molecule has 1 saturated heterocycles. The number of rotatable bonds is 10. The lowest BCUT2D eigenvalue weighted by Gasteiger charge is -2.35. The number of halogens is 2. The maximum Gasteiger partial charge on any atom is 0.315 e. The van der Waals surface area contributed by atoms with Crippen molar-refractivity contribution in [3.05, 3.63) is 0 Å². The second-order valence-electron chi connectivity index (χ2n) is 11.9. The van der Waals surface area contributed by atoms with E-state index in [2.05, 4.69) is 16.0 Å². The van der Waals surface area contributed by atoms with Crippen LogP contribution >= 0.6 is 23.2 Å². The first-order chi connectivity index (χ1) is 19.7. The Balaban J connectivity index is 0.00000147. The number of likely N-dealkylation sites (tertiary alicyclic amines) is 1. The van der Waals surface area contributed by atoms with E-state index in [1.54, 1.807) is 4.90 Å². The molecule has 3 aliphatic carbocycles. The minimum atomic E-state index is -1.06. The van der Waals surface area contributed by atoms with Crippen LogP contribution in [0.15, 0.2) is 0 Å². The summed E-state index contributed by atoms with van der Waals surface area (Å²) >= 11 is 9.53. The molecular weight excluding hydrogens is 569 g/mol. The molecule has 5 N–H and O–H groups in total. The van der Waals surface area contributed by atoms with Crippen LogP contribution in [0, 0.1) is 11.8 Å². The van der Waals surface area contributed by atoms with Gasteiger partial charge in [0.15, 0.2) is 0 Å². The molecule has 1 heterocycles. The standard InChI is InChI=1S/C28H45N5O5.CH2Cl2/c29-25(35)24(34)21(17-18-9-7-10-18)31-26(36)22-15-8-16-33(22)27(37)23(19-11-3-1-4-12-19)32-28(38)30-20-13-5-2-6-14-20;2-1-3/h18-23H,1-17H2,(H2,29,35)(H,31,36)(H2,30,32,38);1H2/t21?,22-,23-;/m0./s1. The van der Waals surface area contributed by atoms with Crippen molar-refractivity contribution in [1.82, 2.24) is 20.9 Å². The Hall–Kier alpha value is -2.07. The van der Waals surface area contributed by atoms with E-state index in [4.69, 9.17) is 28.9 Å². The van der Waals surface area contributed by atoms with Crippen molar-refractivity contribution in [2.45, 2.75) is 127 Å². The minimum Gasteiger partial charge on any atom is -0.363 e. The normalized spacial score (nSPS) is 23.3. The number of carbonyl (C=O) groups excluding carboxylic acids is 5. The predicted octanol–water partition coefficient (Wildman–Crippen LogP) is 3.71. The SMILES string of the molecule is ClCCl.NC(=O)C(=O)C(CC1CCC1)NC(=O)[C@@H]1CCCN1C(=O)[C@@H](NC(=O)NC1CCCCC1)C1CCCCC1. The highest BCUT2D eigenvalue weighted by atomic mass is 35.5. The quantitative estimate of drug-likeness (QED) is 0.218. The van der Waals surface area contributed by atoms with Gasteiger partial charge in [-0.3, -0.25) is 19.2 Å². The number of carbonyl (C=O) groups is 5. The molecule has 10 nitrogen and oxygen atoms in total. The second-order valence-corrected chi connectivity index (χ2v) is 12.7. The molecule has 3 saturated carbocycles. The number of nitrogens with zero attached hydrogens (tertiary/aromatic N) is 1. The topological polar surface area (TPSA) is 151 Å². The van der Waals surface area contributed by atoms with Crippen molar-refractivity contribution in [2.24, 2.45) is 17.6 Å². The fourth-order valence-electron chi connectivity index (χ4n) is 6.68. The Kier molecular flexibility index (Phi) is 14.0. The fraction of sp³-hybridized carbons (Fsp3) is 0.828. The van der Waals surface area contributed by atoms with Crippen molar-refractivity contribution >= 4 is 52.7 Å². The Morgan fingerprint density at radius 3 is 1.95 bits per heavy atom. The maximum absolute atomic E-state index is 13.9. The Bertz CT molecular complexity index is 906. The van der Waals surface area contributed by atoms with Crippen LogP contribution in [0.2, 0.25) is 0 Å². The van der Waals surface area contributed by atoms with Crippen LogP contribution < -0.4 is 21.7 Å². The third-order valence-corrected chi connectivity index (χ3v) is 9.12. The van der Waals surface area contributed by atoms with Gasteiger partial charge in [0.05, 0.1) is 11.4 Å². The smallest absolute Gasteiger partial charge is 0.315 e. The molecule has 4 rings (SSSR count). The number of ketones is 1. The molecule has 0 aromatic carbocycles. The van der Waals surface area contributed by atoms with Gasteiger partial charge in [0.1, 0.15) is 12.1 Å². The van der Waals surface area contributed by atoms with E-state index >= 15 is 0 Å². The zero-order chi connectivity index (χ0) is 29.8. The number of nitrogens with two attached hydrogens (primary N) is 1. The van der Waals surface area contributed by atoms with Gasteiger partial charge in [-0.1, -0.05) is 57.8 Å². The first kappa shape index (κ1) is 33.4. The highest BCUT2D eigenvalue weighted by molar-refractivity contribution is 6.40. The fourth-order valence-corrected chi connectivity index (χ4v) is 6.68. The summed E-state index contributed by atoms with van der Waals surface area (Å²) < 4.78 is 0. The molecule has 232 valence electrons. The van der Waals surface area contributed by atoms with Crippen molar-refractivity contribution in [3.8, 4) is 0 Å². The number of alkyl halides is 2. The van der Waals surface area contributed by atoms with Gasteiger partial charge in [-0.25, -0.2) is 4.79 Å². The van der Waals surface area contributed by atoms with Crippen molar-refractivity contribution in [2.75, 3.05) is 11.9 Å². The third-order valence-electron chi connectivity index (χ3n) is 9.12. The molecule has 1 unspecified atom stereocenters. The predicted molar refractivity (Wildman–Crippen MR) is 158 cm³/mol. The van der Waals surface area contributed by atoms with Crippen LogP contribution in [0.5, 0.6) is 0 Å². The van der Waals surface area contributed by atoms with E-state index in [9.17, 15) is 24.0 Å². The molecule has 4 aliphatic rings. The summed E-state index contributed by atoms with van der Waals surface area (Å²) in [4.78, 5) is 65.9. The molecule has 41 heavy (non-hydrogen) atoms. The van der Waals surface area contributed by atoms with Gasteiger partial charge in [0, 0.05) is 12.6 Å². The van der Waals surface area contributed by atoms with Crippen molar-refractivity contribution in [3.63, 3.8) is 0 Å².